The first kappa shape index (κ1) is 26.4. The third-order valence-corrected chi connectivity index (χ3v) is 2.79. The Morgan fingerprint density at radius 1 is 0.964 bits per heavy atom. The SMILES string of the molecule is C=CCCOC(C)COC(=O)C(F)(OC(F)(F)C(F)(F)C(F)(F)F)C(F)(F)F. The van der Waals surface area contributed by atoms with Gasteiger partial charge in [0.05, 0.1) is 12.7 Å². The van der Waals surface area contributed by atoms with Gasteiger partial charge in [-0.15, -0.1) is 6.58 Å². The summed E-state index contributed by atoms with van der Waals surface area (Å²) in [6.45, 7) is 3.09. The Hall–Kier alpha value is -1.64. The number of carbonyl (C=O) groups excluding carboxylic acids is 1. The van der Waals surface area contributed by atoms with E-state index in [1.54, 1.807) is 0 Å². The Morgan fingerprint density at radius 2 is 1.46 bits per heavy atom. The summed E-state index contributed by atoms with van der Waals surface area (Å²) in [4.78, 5) is 11.2. The van der Waals surface area contributed by atoms with Crippen molar-refractivity contribution in [3.05, 3.63) is 12.7 Å². The van der Waals surface area contributed by atoms with Crippen molar-refractivity contribution in [2.45, 2.75) is 49.7 Å². The maximum Gasteiger partial charge on any atom is 0.462 e. The number of halogens is 11. The molecular weight excluding hydrogens is 429 g/mol. The van der Waals surface area contributed by atoms with Crippen molar-refractivity contribution in [3.8, 4) is 0 Å². The highest BCUT2D eigenvalue weighted by atomic mass is 19.4. The number of carbonyl (C=O) groups is 1. The lowest BCUT2D eigenvalue weighted by Gasteiger charge is -2.33. The highest BCUT2D eigenvalue weighted by molar-refractivity contribution is 5.78. The molecule has 166 valence electrons. The van der Waals surface area contributed by atoms with Crippen LogP contribution in [0.25, 0.3) is 0 Å². The Labute approximate surface area is 150 Å². The van der Waals surface area contributed by atoms with Gasteiger partial charge in [0.15, 0.2) is 0 Å². The van der Waals surface area contributed by atoms with Gasteiger partial charge in [-0.3, -0.25) is 4.74 Å². The summed E-state index contributed by atoms with van der Waals surface area (Å²) in [5, 5.41) is 0. The zero-order valence-corrected chi connectivity index (χ0v) is 13.8. The minimum atomic E-state index is -7.26. The van der Waals surface area contributed by atoms with Gasteiger partial charge < -0.3 is 9.47 Å². The van der Waals surface area contributed by atoms with Crippen LogP contribution >= 0.6 is 0 Å². The van der Waals surface area contributed by atoms with E-state index in [1.165, 1.54) is 6.08 Å². The predicted molar refractivity (Wildman–Crippen MR) is 68.1 cm³/mol. The van der Waals surface area contributed by atoms with Crippen molar-refractivity contribution in [2.75, 3.05) is 13.2 Å². The van der Waals surface area contributed by atoms with Crippen molar-refractivity contribution in [1.82, 2.24) is 0 Å². The smallest absolute Gasteiger partial charge is 0.458 e. The molecule has 0 saturated carbocycles. The van der Waals surface area contributed by atoms with Gasteiger partial charge in [0.1, 0.15) is 6.61 Å². The summed E-state index contributed by atoms with van der Waals surface area (Å²) < 4.78 is 150. The maximum atomic E-state index is 13.8. The van der Waals surface area contributed by atoms with Gasteiger partial charge in [0, 0.05) is 0 Å². The van der Waals surface area contributed by atoms with E-state index in [0.717, 1.165) is 6.92 Å². The number of ether oxygens (including phenoxy) is 3. The molecule has 0 heterocycles. The number of hydrogen-bond acceptors (Lipinski definition) is 4. The van der Waals surface area contributed by atoms with Crippen LogP contribution in [0.2, 0.25) is 0 Å². The molecule has 0 aliphatic heterocycles. The summed E-state index contributed by atoms with van der Waals surface area (Å²) in [5.41, 5.74) is 0. The fourth-order valence-electron chi connectivity index (χ4n) is 1.31. The molecule has 0 aromatic carbocycles. The average molecular weight is 442 g/mol. The van der Waals surface area contributed by atoms with Gasteiger partial charge in [-0.25, -0.2) is 4.79 Å². The van der Waals surface area contributed by atoms with Gasteiger partial charge in [-0.1, -0.05) is 6.08 Å². The second kappa shape index (κ2) is 8.80. The van der Waals surface area contributed by atoms with E-state index in [2.05, 4.69) is 16.1 Å². The fourth-order valence-corrected chi connectivity index (χ4v) is 1.31. The predicted octanol–water partition coefficient (Wildman–Crippen LogP) is 4.55. The lowest BCUT2D eigenvalue weighted by atomic mass is 10.2. The average Bonchev–Trinajstić information content (AvgIpc) is 2.49. The quantitative estimate of drug-likeness (QED) is 0.216. The number of hydrogen-bond donors (Lipinski definition) is 0. The van der Waals surface area contributed by atoms with E-state index >= 15 is 0 Å². The van der Waals surface area contributed by atoms with Crippen molar-refractivity contribution >= 4 is 5.97 Å². The van der Waals surface area contributed by atoms with Crippen molar-refractivity contribution in [1.29, 1.82) is 0 Å². The zero-order chi connectivity index (χ0) is 22.6. The first-order valence-electron chi connectivity index (χ1n) is 7.01. The third kappa shape index (κ3) is 5.93. The normalized spacial score (nSPS) is 17.0. The highest BCUT2D eigenvalue weighted by Gasteiger charge is 2.80. The van der Waals surface area contributed by atoms with E-state index in [9.17, 15) is 53.1 Å². The van der Waals surface area contributed by atoms with E-state index in [4.69, 9.17) is 4.74 Å². The monoisotopic (exact) mass is 442 g/mol. The van der Waals surface area contributed by atoms with Crippen molar-refractivity contribution in [3.63, 3.8) is 0 Å². The Morgan fingerprint density at radius 3 is 1.86 bits per heavy atom. The lowest BCUT2D eigenvalue weighted by Crippen LogP contribution is -2.62. The van der Waals surface area contributed by atoms with Crippen LogP contribution in [-0.2, 0) is 19.0 Å². The standard InChI is InChI=1S/C13H13F11O4/c1-3-4-5-26-7(2)6-27-8(25)9(14,11(17,18)19)28-13(23,24)10(15,16)12(20,21)22/h3,7H,1,4-6H2,2H3. The molecule has 0 N–H and O–H groups in total. The largest absolute Gasteiger partial charge is 0.462 e. The molecule has 28 heavy (non-hydrogen) atoms. The molecule has 0 aliphatic rings. The zero-order valence-electron chi connectivity index (χ0n) is 13.8. The molecule has 0 spiro atoms. The molecule has 0 aliphatic carbocycles. The van der Waals surface area contributed by atoms with E-state index < -0.39 is 48.9 Å². The Kier molecular flexibility index (Phi) is 8.28. The first-order valence-corrected chi connectivity index (χ1v) is 7.01. The lowest BCUT2D eigenvalue weighted by molar-refractivity contribution is -0.475. The summed E-state index contributed by atoms with van der Waals surface area (Å²) >= 11 is 0. The third-order valence-electron chi connectivity index (χ3n) is 2.79. The van der Waals surface area contributed by atoms with Gasteiger partial charge in [0.25, 0.3) is 0 Å². The number of rotatable bonds is 10. The number of alkyl halides is 11. The van der Waals surface area contributed by atoms with E-state index in [-0.39, 0.29) is 13.0 Å². The Balaban J connectivity index is 5.49. The van der Waals surface area contributed by atoms with E-state index in [0.29, 0.717) is 0 Å². The minimum Gasteiger partial charge on any atom is -0.458 e. The maximum absolute atomic E-state index is 13.8. The topological polar surface area (TPSA) is 44.8 Å². The van der Waals surface area contributed by atoms with Crippen LogP contribution in [0.1, 0.15) is 13.3 Å². The summed E-state index contributed by atoms with van der Waals surface area (Å²) in [6, 6.07) is 0. The molecule has 0 aromatic heterocycles. The van der Waals surface area contributed by atoms with Crippen LogP contribution in [0.15, 0.2) is 12.7 Å². The molecule has 0 fully saturated rings. The molecule has 0 rings (SSSR count). The van der Waals surface area contributed by atoms with E-state index in [1.807, 2.05) is 0 Å². The molecular formula is C13H13F11O4. The van der Waals surface area contributed by atoms with Crippen molar-refractivity contribution < 1.29 is 67.3 Å². The molecule has 0 amide bonds. The highest BCUT2D eigenvalue weighted by Crippen LogP contribution is 2.51. The minimum absolute atomic E-state index is 0.0887. The molecule has 0 bridgehead atoms. The number of esters is 1. The van der Waals surface area contributed by atoms with Gasteiger partial charge >= 0.3 is 36.2 Å². The fraction of sp³-hybridized carbons (Fsp3) is 0.769. The molecule has 2 atom stereocenters. The van der Waals surface area contributed by atoms with Crippen LogP contribution in [0.4, 0.5) is 48.3 Å². The molecule has 0 aromatic rings. The summed E-state index contributed by atoms with van der Waals surface area (Å²) in [5.74, 6) is -16.9. The summed E-state index contributed by atoms with van der Waals surface area (Å²) in [6.07, 6.45) is -20.7. The molecule has 15 heteroatoms. The van der Waals surface area contributed by atoms with Gasteiger partial charge in [-0.05, 0) is 13.3 Å². The molecule has 0 radical (unpaired) electrons. The van der Waals surface area contributed by atoms with Crippen LogP contribution in [0.3, 0.4) is 0 Å². The second-order valence-corrected chi connectivity index (χ2v) is 5.14. The van der Waals surface area contributed by atoms with Crippen LogP contribution in [0, 0.1) is 0 Å². The molecule has 2 unspecified atom stereocenters. The first-order chi connectivity index (χ1) is 12.3. The van der Waals surface area contributed by atoms with Crippen molar-refractivity contribution in [2.24, 2.45) is 0 Å². The second-order valence-electron chi connectivity index (χ2n) is 5.14. The molecule has 4 nitrogen and oxygen atoms in total. The van der Waals surface area contributed by atoms with Crippen LogP contribution in [0.5, 0.6) is 0 Å². The molecule has 0 saturated heterocycles. The van der Waals surface area contributed by atoms with Crippen LogP contribution in [-0.4, -0.2) is 55.5 Å². The van der Waals surface area contributed by atoms with Crippen LogP contribution < -0.4 is 0 Å². The Bertz CT molecular complexity index is 544. The summed E-state index contributed by atoms with van der Waals surface area (Å²) in [7, 11) is 0. The van der Waals surface area contributed by atoms with Gasteiger partial charge in [-0.2, -0.15) is 48.3 Å². The van der Waals surface area contributed by atoms with Gasteiger partial charge in [0.2, 0.25) is 0 Å².